The van der Waals surface area contributed by atoms with Gasteiger partial charge in [-0.25, -0.2) is 8.78 Å². The molecule has 0 atom stereocenters. The highest BCUT2D eigenvalue weighted by Crippen LogP contribution is 2.08. The average Bonchev–Trinajstić information content (AvgIpc) is 2.07. The standard InChI is InChI=1S/C6H13N.C3H6F2/c1-6-2-4-7-5-3-6;1-2-3(4)5/h6-7H,2-5H2,1H3;3H,2H2,1H3. The summed E-state index contributed by atoms with van der Waals surface area (Å²) >= 11 is 0. The lowest BCUT2D eigenvalue weighted by Gasteiger charge is -2.17. The van der Waals surface area contributed by atoms with Crippen LogP contribution in [-0.2, 0) is 0 Å². The van der Waals surface area contributed by atoms with Crippen LogP contribution in [0.25, 0.3) is 0 Å². The second kappa shape index (κ2) is 7.47. The molecule has 1 fully saturated rings. The zero-order valence-electron chi connectivity index (χ0n) is 7.95. The van der Waals surface area contributed by atoms with E-state index in [0.29, 0.717) is 0 Å². The van der Waals surface area contributed by atoms with E-state index in [1.165, 1.54) is 32.9 Å². The van der Waals surface area contributed by atoms with Crippen molar-refractivity contribution in [3.8, 4) is 0 Å². The molecule has 3 heteroatoms. The van der Waals surface area contributed by atoms with Crippen molar-refractivity contribution in [2.75, 3.05) is 13.1 Å². The number of hydrogen-bond acceptors (Lipinski definition) is 1. The molecule has 1 aliphatic heterocycles. The Morgan fingerprint density at radius 2 is 1.75 bits per heavy atom. The van der Waals surface area contributed by atoms with Crippen molar-refractivity contribution in [1.82, 2.24) is 5.32 Å². The third-order valence-electron chi connectivity index (χ3n) is 1.94. The molecule has 1 N–H and O–H groups in total. The van der Waals surface area contributed by atoms with Crippen molar-refractivity contribution in [1.29, 1.82) is 0 Å². The summed E-state index contributed by atoms with van der Waals surface area (Å²) in [7, 11) is 0. The largest absolute Gasteiger partial charge is 0.317 e. The fourth-order valence-electron chi connectivity index (χ4n) is 0.966. The lowest BCUT2D eigenvalue weighted by molar-refractivity contribution is 0.144. The van der Waals surface area contributed by atoms with Gasteiger partial charge in [0.1, 0.15) is 0 Å². The molecule has 0 aliphatic carbocycles. The van der Waals surface area contributed by atoms with Gasteiger partial charge in [-0.1, -0.05) is 13.8 Å². The number of alkyl halides is 2. The molecule has 0 aromatic heterocycles. The second-order valence-corrected chi connectivity index (χ2v) is 3.23. The predicted molar refractivity (Wildman–Crippen MR) is 47.6 cm³/mol. The summed E-state index contributed by atoms with van der Waals surface area (Å²) in [4.78, 5) is 0. The van der Waals surface area contributed by atoms with E-state index < -0.39 is 6.43 Å². The minimum Gasteiger partial charge on any atom is -0.317 e. The molecule has 74 valence electrons. The molecular weight excluding hydrogens is 160 g/mol. The SMILES string of the molecule is CC1CCNCC1.CCC(F)F. The van der Waals surface area contributed by atoms with Gasteiger partial charge in [0.05, 0.1) is 0 Å². The Bertz CT molecular complexity index is 90.5. The summed E-state index contributed by atoms with van der Waals surface area (Å²) in [5.41, 5.74) is 0. The van der Waals surface area contributed by atoms with Crippen molar-refractivity contribution in [3.63, 3.8) is 0 Å². The normalized spacial score (nSPS) is 18.8. The van der Waals surface area contributed by atoms with Crippen LogP contribution in [0.1, 0.15) is 33.1 Å². The van der Waals surface area contributed by atoms with Gasteiger partial charge >= 0.3 is 0 Å². The summed E-state index contributed by atoms with van der Waals surface area (Å²) in [6.07, 6.45) is 0.606. The first-order valence-corrected chi connectivity index (χ1v) is 4.65. The van der Waals surface area contributed by atoms with E-state index in [0.717, 1.165) is 5.92 Å². The molecule has 0 bridgehead atoms. The van der Waals surface area contributed by atoms with Crippen LogP contribution in [0.2, 0.25) is 0 Å². The number of halogens is 2. The molecule has 1 nitrogen and oxygen atoms in total. The van der Waals surface area contributed by atoms with Crippen LogP contribution in [-0.4, -0.2) is 19.5 Å². The van der Waals surface area contributed by atoms with Gasteiger partial charge in [0.25, 0.3) is 0 Å². The quantitative estimate of drug-likeness (QED) is 0.652. The molecule has 1 heterocycles. The van der Waals surface area contributed by atoms with Crippen LogP contribution < -0.4 is 5.32 Å². The van der Waals surface area contributed by atoms with E-state index in [2.05, 4.69) is 12.2 Å². The molecule has 0 spiro atoms. The maximum absolute atomic E-state index is 10.8. The Kier molecular flexibility index (Phi) is 7.36. The Morgan fingerprint density at radius 3 is 1.92 bits per heavy atom. The summed E-state index contributed by atoms with van der Waals surface area (Å²) in [6.45, 7) is 6.24. The summed E-state index contributed by atoms with van der Waals surface area (Å²) < 4.78 is 21.5. The second-order valence-electron chi connectivity index (χ2n) is 3.23. The molecule has 0 aromatic carbocycles. The first-order valence-electron chi connectivity index (χ1n) is 4.65. The molecule has 1 rings (SSSR count). The van der Waals surface area contributed by atoms with E-state index in [-0.39, 0.29) is 6.42 Å². The van der Waals surface area contributed by atoms with Crippen LogP contribution in [0.5, 0.6) is 0 Å². The molecule has 1 aliphatic rings. The topological polar surface area (TPSA) is 12.0 Å². The third kappa shape index (κ3) is 7.92. The highest BCUT2D eigenvalue weighted by molar-refractivity contribution is 4.62. The first-order chi connectivity index (χ1) is 5.66. The Balaban J connectivity index is 0.000000217. The van der Waals surface area contributed by atoms with Gasteiger partial charge in [-0.15, -0.1) is 0 Å². The van der Waals surface area contributed by atoms with Crippen LogP contribution >= 0.6 is 0 Å². The first kappa shape index (κ1) is 11.8. The maximum atomic E-state index is 10.8. The summed E-state index contributed by atoms with van der Waals surface area (Å²) in [5, 5.41) is 3.32. The fraction of sp³-hybridized carbons (Fsp3) is 1.00. The molecule has 1 saturated heterocycles. The fourth-order valence-corrected chi connectivity index (χ4v) is 0.966. The predicted octanol–water partition coefficient (Wildman–Crippen LogP) is 2.67. The summed E-state index contributed by atoms with van der Waals surface area (Å²) in [5.74, 6) is 0.973. The van der Waals surface area contributed by atoms with E-state index in [1.54, 1.807) is 0 Å². The zero-order valence-corrected chi connectivity index (χ0v) is 7.95. The minimum atomic E-state index is -2.12. The molecule has 0 amide bonds. The smallest absolute Gasteiger partial charge is 0.238 e. The lowest BCUT2D eigenvalue weighted by atomic mass is 10.0. The van der Waals surface area contributed by atoms with Gasteiger partial charge in [-0.3, -0.25) is 0 Å². The van der Waals surface area contributed by atoms with Gasteiger partial charge in [-0.05, 0) is 31.8 Å². The molecule has 0 saturated carbocycles. The van der Waals surface area contributed by atoms with Crippen molar-refractivity contribution in [2.24, 2.45) is 5.92 Å². The molecule has 0 aromatic rings. The minimum absolute atomic E-state index is 0.0278. The number of piperidine rings is 1. The lowest BCUT2D eigenvalue weighted by Crippen LogP contribution is -2.26. The van der Waals surface area contributed by atoms with Gasteiger partial charge < -0.3 is 5.32 Å². The molecule has 12 heavy (non-hydrogen) atoms. The van der Waals surface area contributed by atoms with Gasteiger partial charge in [0.15, 0.2) is 0 Å². The van der Waals surface area contributed by atoms with Crippen molar-refractivity contribution in [2.45, 2.75) is 39.5 Å². The van der Waals surface area contributed by atoms with E-state index in [1.807, 2.05) is 0 Å². The van der Waals surface area contributed by atoms with E-state index in [4.69, 9.17) is 0 Å². The van der Waals surface area contributed by atoms with Crippen LogP contribution in [0.3, 0.4) is 0 Å². The average molecular weight is 179 g/mol. The van der Waals surface area contributed by atoms with Crippen molar-refractivity contribution < 1.29 is 8.78 Å². The van der Waals surface area contributed by atoms with Crippen molar-refractivity contribution >= 4 is 0 Å². The zero-order chi connectivity index (χ0) is 9.40. The maximum Gasteiger partial charge on any atom is 0.238 e. The Morgan fingerprint density at radius 1 is 1.33 bits per heavy atom. The van der Waals surface area contributed by atoms with Crippen LogP contribution in [0.15, 0.2) is 0 Å². The van der Waals surface area contributed by atoms with E-state index >= 15 is 0 Å². The van der Waals surface area contributed by atoms with Gasteiger partial charge in [0, 0.05) is 6.42 Å². The molecule has 0 unspecified atom stereocenters. The molecular formula is C9H19F2N. The third-order valence-corrected chi connectivity index (χ3v) is 1.94. The Labute approximate surface area is 73.5 Å². The van der Waals surface area contributed by atoms with Gasteiger partial charge in [0.2, 0.25) is 6.43 Å². The number of rotatable bonds is 1. The summed E-state index contributed by atoms with van der Waals surface area (Å²) in [6, 6.07) is 0. The number of hydrogen-bond donors (Lipinski definition) is 1. The monoisotopic (exact) mass is 179 g/mol. The van der Waals surface area contributed by atoms with Gasteiger partial charge in [-0.2, -0.15) is 0 Å². The Hall–Kier alpha value is -0.180. The highest BCUT2D eigenvalue weighted by Gasteiger charge is 2.04. The highest BCUT2D eigenvalue weighted by atomic mass is 19.3. The van der Waals surface area contributed by atoms with Crippen LogP contribution in [0, 0.1) is 5.92 Å². The van der Waals surface area contributed by atoms with Crippen LogP contribution in [0.4, 0.5) is 8.78 Å². The van der Waals surface area contributed by atoms with E-state index in [9.17, 15) is 8.78 Å². The van der Waals surface area contributed by atoms with Crippen molar-refractivity contribution in [3.05, 3.63) is 0 Å². The molecule has 0 radical (unpaired) electrons. The number of nitrogens with one attached hydrogen (secondary N) is 1.